The minimum atomic E-state index is -1.43. The van der Waals surface area contributed by atoms with Crippen LogP contribution < -0.4 is 5.19 Å². The molecule has 4 rings (SSSR count). The molecular weight excluding hydrogens is 256 g/mol. The van der Waals surface area contributed by atoms with E-state index in [2.05, 4.69) is 69.4 Å². The second-order valence-corrected chi connectivity index (χ2v) is 11.4. The van der Waals surface area contributed by atoms with E-state index in [0.717, 1.165) is 0 Å². The molecular formula is C19H20Si. The molecule has 2 aliphatic rings. The van der Waals surface area contributed by atoms with E-state index in [4.69, 9.17) is 0 Å². The summed E-state index contributed by atoms with van der Waals surface area (Å²) in [6.07, 6.45) is 2.44. The highest BCUT2D eigenvalue weighted by Gasteiger charge is 2.48. The smallest absolute Gasteiger partial charge is 0.0675 e. The van der Waals surface area contributed by atoms with Crippen molar-refractivity contribution in [3.63, 3.8) is 0 Å². The summed E-state index contributed by atoms with van der Waals surface area (Å²) in [5.74, 6) is 0. The highest BCUT2D eigenvalue weighted by molar-refractivity contribution is 6.94. The summed E-state index contributed by atoms with van der Waals surface area (Å²) in [5.41, 5.74) is 9.87. The standard InChI is InChI=1S/C19H20Si/c1-12-11-16-17(14-8-6-5-7-9-14)18-15(12)10-13(2)19(18)20(16,3)4/h5-11,19H,1-4H3. The van der Waals surface area contributed by atoms with Crippen LogP contribution in [0.2, 0.25) is 13.1 Å². The Kier molecular flexibility index (Phi) is 2.27. The van der Waals surface area contributed by atoms with Gasteiger partial charge in [0.1, 0.15) is 0 Å². The summed E-state index contributed by atoms with van der Waals surface area (Å²) in [5, 5.41) is 1.66. The molecule has 1 unspecified atom stereocenters. The van der Waals surface area contributed by atoms with Crippen LogP contribution in [0.5, 0.6) is 0 Å². The van der Waals surface area contributed by atoms with E-state index >= 15 is 0 Å². The quantitative estimate of drug-likeness (QED) is 0.666. The van der Waals surface area contributed by atoms with E-state index in [0.29, 0.717) is 5.54 Å². The molecule has 0 N–H and O–H groups in total. The molecule has 0 radical (unpaired) electrons. The maximum absolute atomic E-state index is 2.54. The van der Waals surface area contributed by atoms with Crippen LogP contribution in [0.15, 0.2) is 42.0 Å². The molecule has 0 nitrogen and oxygen atoms in total. The molecule has 1 aliphatic heterocycles. The van der Waals surface area contributed by atoms with Crippen molar-refractivity contribution in [2.75, 3.05) is 0 Å². The SMILES string of the molecule is CC1=Cc2c(C)cc3c(-c4ccccc4)c2C1[Si]3(C)C. The Morgan fingerprint density at radius 2 is 1.70 bits per heavy atom. The van der Waals surface area contributed by atoms with Crippen molar-refractivity contribution in [2.45, 2.75) is 32.5 Å². The summed E-state index contributed by atoms with van der Waals surface area (Å²) in [4.78, 5) is 0. The molecule has 2 aromatic rings. The van der Waals surface area contributed by atoms with Gasteiger partial charge in [-0.25, -0.2) is 0 Å². The third kappa shape index (κ3) is 1.31. The molecule has 0 saturated heterocycles. The average Bonchev–Trinajstić information content (AvgIpc) is 2.85. The van der Waals surface area contributed by atoms with E-state index < -0.39 is 8.07 Å². The van der Waals surface area contributed by atoms with E-state index in [9.17, 15) is 0 Å². The van der Waals surface area contributed by atoms with Gasteiger partial charge in [0.25, 0.3) is 0 Å². The van der Waals surface area contributed by atoms with E-state index in [-0.39, 0.29) is 0 Å². The molecule has 0 aromatic heterocycles. The van der Waals surface area contributed by atoms with Crippen LogP contribution in [-0.2, 0) is 0 Å². The Morgan fingerprint density at radius 3 is 2.40 bits per heavy atom. The first-order valence-corrected chi connectivity index (χ1v) is 10.5. The molecule has 1 atom stereocenters. The number of aryl methyl sites for hydroxylation is 1. The minimum Gasteiger partial charge on any atom is -0.0675 e. The normalized spacial score (nSPS) is 21.2. The van der Waals surface area contributed by atoms with E-state index in [1.54, 1.807) is 21.9 Å². The van der Waals surface area contributed by atoms with Crippen molar-refractivity contribution >= 4 is 19.3 Å². The van der Waals surface area contributed by atoms with Gasteiger partial charge in [0.15, 0.2) is 0 Å². The van der Waals surface area contributed by atoms with Gasteiger partial charge in [-0.15, -0.1) is 0 Å². The minimum absolute atomic E-state index is 0.705. The zero-order valence-electron chi connectivity index (χ0n) is 12.6. The molecule has 1 heterocycles. The van der Waals surface area contributed by atoms with Crippen molar-refractivity contribution in [1.82, 2.24) is 0 Å². The van der Waals surface area contributed by atoms with Gasteiger partial charge in [-0.2, -0.15) is 0 Å². The topological polar surface area (TPSA) is 0 Å². The summed E-state index contributed by atoms with van der Waals surface area (Å²) >= 11 is 0. The lowest BCUT2D eigenvalue weighted by molar-refractivity contribution is 1.11. The Bertz CT molecular complexity index is 751. The zero-order chi connectivity index (χ0) is 14.1. The predicted octanol–water partition coefficient (Wildman–Crippen LogP) is 4.63. The fraction of sp³-hybridized carbons (Fsp3) is 0.263. The number of allylic oxidation sites excluding steroid dienone is 1. The van der Waals surface area contributed by atoms with Gasteiger partial charge in [0.05, 0.1) is 8.07 Å². The first-order chi connectivity index (χ1) is 9.51. The first-order valence-electron chi connectivity index (χ1n) is 7.43. The number of rotatable bonds is 1. The van der Waals surface area contributed by atoms with Crippen molar-refractivity contribution in [3.05, 3.63) is 58.7 Å². The van der Waals surface area contributed by atoms with Crippen LogP contribution in [0.25, 0.3) is 17.2 Å². The van der Waals surface area contributed by atoms with Crippen molar-refractivity contribution in [1.29, 1.82) is 0 Å². The fourth-order valence-corrected chi connectivity index (χ4v) is 8.46. The summed E-state index contributed by atoms with van der Waals surface area (Å²) in [6, 6.07) is 13.5. The van der Waals surface area contributed by atoms with Crippen LogP contribution in [0, 0.1) is 6.92 Å². The van der Waals surface area contributed by atoms with Crippen LogP contribution >= 0.6 is 0 Å². The third-order valence-corrected chi connectivity index (χ3v) is 9.18. The van der Waals surface area contributed by atoms with Crippen LogP contribution in [0.3, 0.4) is 0 Å². The molecule has 0 spiro atoms. The van der Waals surface area contributed by atoms with Gasteiger partial charge in [0.2, 0.25) is 0 Å². The maximum Gasteiger partial charge on any atom is 0.0931 e. The van der Waals surface area contributed by atoms with Crippen molar-refractivity contribution in [3.8, 4) is 11.1 Å². The molecule has 0 fully saturated rings. The van der Waals surface area contributed by atoms with Gasteiger partial charge in [-0.05, 0) is 41.7 Å². The molecule has 0 saturated carbocycles. The number of benzene rings is 2. The monoisotopic (exact) mass is 276 g/mol. The molecule has 2 aromatic carbocycles. The molecule has 0 amide bonds. The van der Waals surface area contributed by atoms with Gasteiger partial charge in [0, 0.05) is 5.54 Å². The Hall–Kier alpha value is -1.60. The number of hydrogen-bond acceptors (Lipinski definition) is 0. The van der Waals surface area contributed by atoms with Crippen LogP contribution in [0.4, 0.5) is 0 Å². The van der Waals surface area contributed by atoms with Crippen molar-refractivity contribution in [2.24, 2.45) is 0 Å². The molecule has 2 bridgehead atoms. The maximum atomic E-state index is 2.54. The number of fused-ring (bicyclic) bond motifs is 1. The molecule has 1 heteroatoms. The molecule has 1 aliphatic carbocycles. The second kappa shape index (κ2) is 3.73. The molecule has 20 heavy (non-hydrogen) atoms. The first kappa shape index (κ1) is 12.2. The highest BCUT2D eigenvalue weighted by atomic mass is 28.3. The van der Waals surface area contributed by atoms with Gasteiger partial charge >= 0.3 is 0 Å². The van der Waals surface area contributed by atoms with Crippen LogP contribution in [0.1, 0.15) is 29.2 Å². The van der Waals surface area contributed by atoms with Gasteiger partial charge in [-0.1, -0.05) is 66.3 Å². The van der Waals surface area contributed by atoms with E-state index in [1.807, 2.05) is 0 Å². The fourth-order valence-electron chi connectivity index (χ4n) is 4.40. The number of hydrogen-bond donors (Lipinski definition) is 0. The lowest BCUT2D eigenvalue weighted by Crippen LogP contribution is -2.43. The molecule has 100 valence electrons. The van der Waals surface area contributed by atoms with Gasteiger partial charge in [-0.3, -0.25) is 0 Å². The van der Waals surface area contributed by atoms with Crippen molar-refractivity contribution < 1.29 is 0 Å². The van der Waals surface area contributed by atoms with Crippen LogP contribution in [-0.4, -0.2) is 8.07 Å². The zero-order valence-corrected chi connectivity index (χ0v) is 13.6. The average molecular weight is 276 g/mol. The third-order valence-electron chi connectivity index (χ3n) is 5.21. The summed E-state index contributed by atoms with van der Waals surface area (Å²) in [7, 11) is -1.43. The van der Waals surface area contributed by atoms with E-state index in [1.165, 1.54) is 16.7 Å². The largest absolute Gasteiger partial charge is 0.0931 e. The summed E-state index contributed by atoms with van der Waals surface area (Å²) < 4.78 is 0. The van der Waals surface area contributed by atoms with Gasteiger partial charge < -0.3 is 0 Å². The Labute approximate surface area is 122 Å². The highest BCUT2D eigenvalue weighted by Crippen LogP contribution is 2.52. The Balaban J connectivity index is 2.11. The lowest BCUT2D eigenvalue weighted by atomic mass is 9.93. The second-order valence-electron chi connectivity index (χ2n) is 6.85. The Morgan fingerprint density at radius 1 is 1.00 bits per heavy atom. The summed E-state index contributed by atoms with van der Waals surface area (Å²) in [6.45, 7) is 9.69. The lowest BCUT2D eigenvalue weighted by Gasteiger charge is -2.25. The predicted molar refractivity (Wildman–Crippen MR) is 90.1 cm³/mol.